The predicted octanol–water partition coefficient (Wildman–Crippen LogP) is 3.58. The van der Waals surface area contributed by atoms with E-state index in [1.165, 1.54) is 3.57 Å². The van der Waals surface area contributed by atoms with Crippen LogP contribution in [0.25, 0.3) is 0 Å². The standard InChI is InChI=1S/C12H18F3IN2O/c1-3-9-11(16)10(4-2)18(17-9)6-5-7-19-8-12(13,14)15/h3-8H2,1-2H3. The lowest BCUT2D eigenvalue weighted by atomic mass is 10.2. The maximum absolute atomic E-state index is 11.9. The highest BCUT2D eigenvalue weighted by Gasteiger charge is 2.27. The van der Waals surface area contributed by atoms with Crippen LogP contribution in [0.2, 0.25) is 0 Å². The van der Waals surface area contributed by atoms with E-state index in [9.17, 15) is 13.2 Å². The van der Waals surface area contributed by atoms with Crippen LogP contribution in [-0.2, 0) is 24.1 Å². The second-order valence-electron chi connectivity index (χ2n) is 4.16. The highest BCUT2D eigenvalue weighted by Crippen LogP contribution is 2.19. The second-order valence-corrected chi connectivity index (χ2v) is 5.24. The van der Waals surface area contributed by atoms with E-state index in [1.54, 1.807) is 0 Å². The monoisotopic (exact) mass is 390 g/mol. The summed E-state index contributed by atoms with van der Waals surface area (Å²) in [6, 6.07) is 0. The zero-order valence-electron chi connectivity index (χ0n) is 11.1. The molecular formula is C12H18F3IN2O. The lowest BCUT2D eigenvalue weighted by molar-refractivity contribution is -0.174. The lowest BCUT2D eigenvalue weighted by Gasteiger charge is -2.09. The van der Waals surface area contributed by atoms with Crippen LogP contribution in [-0.4, -0.2) is 29.2 Å². The van der Waals surface area contributed by atoms with Crippen molar-refractivity contribution in [3.05, 3.63) is 15.0 Å². The molecule has 0 aliphatic rings. The van der Waals surface area contributed by atoms with Gasteiger partial charge in [-0.15, -0.1) is 0 Å². The summed E-state index contributed by atoms with van der Waals surface area (Å²) in [5, 5.41) is 4.48. The molecule has 0 spiro atoms. The maximum Gasteiger partial charge on any atom is 0.411 e. The van der Waals surface area contributed by atoms with Gasteiger partial charge in [0.1, 0.15) is 6.61 Å². The SMILES string of the molecule is CCc1nn(CCCOCC(F)(F)F)c(CC)c1I. The average Bonchev–Trinajstić information content (AvgIpc) is 2.63. The van der Waals surface area contributed by atoms with Gasteiger partial charge in [-0.25, -0.2) is 0 Å². The Morgan fingerprint density at radius 1 is 1.26 bits per heavy atom. The van der Waals surface area contributed by atoms with Gasteiger partial charge >= 0.3 is 6.18 Å². The Kier molecular flexibility index (Phi) is 6.58. The quantitative estimate of drug-likeness (QED) is 0.526. The van der Waals surface area contributed by atoms with E-state index in [1.807, 2.05) is 11.6 Å². The average molecular weight is 390 g/mol. The lowest BCUT2D eigenvalue weighted by Crippen LogP contribution is -2.18. The van der Waals surface area contributed by atoms with E-state index >= 15 is 0 Å². The molecule has 1 heterocycles. The van der Waals surface area contributed by atoms with Gasteiger partial charge in [-0.3, -0.25) is 4.68 Å². The van der Waals surface area contributed by atoms with Crippen molar-refractivity contribution in [1.29, 1.82) is 0 Å². The molecule has 0 bridgehead atoms. The number of ether oxygens (including phenoxy) is 1. The van der Waals surface area contributed by atoms with Crippen LogP contribution in [0.5, 0.6) is 0 Å². The molecule has 0 aliphatic heterocycles. The Morgan fingerprint density at radius 3 is 2.47 bits per heavy atom. The molecule has 0 amide bonds. The Hall–Kier alpha value is -0.310. The van der Waals surface area contributed by atoms with Gasteiger partial charge in [0.2, 0.25) is 0 Å². The number of nitrogens with zero attached hydrogens (tertiary/aromatic N) is 2. The van der Waals surface area contributed by atoms with Crippen molar-refractivity contribution in [3.8, 4) is 0 Å². The first kappa shape index (κ1) is 16.7. The predicted molar refractivity (Wildman–Crippen MR) is 75.2 cm³/mol. The Balaban J connectivity index is 2.45. The molecule has 0 N–H and O–H groups in total. The van der Waals surface area contributed by atoms with Gasteiger partial charge in [-0.2, -0.15) is 18.3 Å². The van der Waals surface area contributed by atoms with Gasteiger partial charge < -0.3 is 4.74 Å². The molecule has 0 aromatic carbocycles. The normalized spacial score (nSPS) is 12.1. The molecule has 0 unspecified atom stereocenters. The van der Waals surface area contributed by atoms with E-state index in [0.717, 1.165) is 24.2 Å². The van der Waals surface area contributed by atoms with Crippen molar-refractivity contribution in [2.45, 2.75) is 45.8 Å². The molecule has 110 valence electrons. The second kappa shape index (κ2) is 7.47. The van der Waals surface area contributed by atoms with Gasteiger partial charge in [0.25, 0.3) is 0 Å². The fraction of sp³-hybridized carbons (Fsp3) is 0.750. The molecule has 0 atom stereocenters. The van der Waals surface area contributed by atoms with Crippen LogP contribution >= 0.6 is 22.6 Å². The largest absolute Gasteiger partial charge is 0.411 e. The Bertz CT molecular complexity index is 404. The van der Waals surface area contributed by atoms with Crippen LogP contribution in [0.3, 0.4) is 0 Å². The smallest absolute Gasteiger partial charge is 0.372 e. The summed E-state index contributed by atoms with van der Waals surface area (Å²) in [5.41, 5.74) is 2.20. The van der Waals surface area contributed by atoms with Gasteiger partial charge in [0, 0.05) is 13.2 Å². The van der Waals surface area contributed by atoms with E-state index in [0.29, 0.717) is 13.0 Å². The molecule has 0 aliphatic carbocycles. The summed E-state index contributed by atoms with van der Waals surface area (Å²) in [5.74, 6) is 0. The van der Waals surface area contributed by atoms with Crippen molar-refractivity contribution in [1.82, 2.24) is 9.78 Å². The summed E-state index contributed by atoms with van der Waals surface area (Å²) < 4.78 is 43.3. The number of aryl methyl sites for hydroxylation is 2. The van der Waals surface area contributed by atoms with Gasteiger partial charge in [0.05, 0.1) is 15.0 Å². The van der Waals surface area contributed by atoms with Crippen LogP contribution in [0.15, 0.2) is 0 Å². The van der Waals surface area contributed by atoms with E-state index in [2.05, 4.69) is 39.4 Å². The molecule has 1 aromatic heterocycles. The first-order valence-corrected chi connectivity index (χ1v) is 7.35. The van der Waals surface area contributed by atoms with Gasteiger partial charge in [0.15, 0.2) is 0 Å². The summed E-state index contributed by atoms with van der Waals surface area (Å²) >= 11 is 2.28. The van der Waals surface area contributed by atoms with Crippen molar-refractivity contribution < 1.29 is 17.9 Å². The van der Waals surface area contributed by atoms with Crippen molar-refractivity contribution in [3.63, 3.8) is 0 Å². The number of halogens is 4. The summed E-state index contributed by atoms with van der Waals surface area (Å²) in [6.07, 6.45) is -1.98. The molecule has 3 nitrogen and oxygen atoms in total. The van der Waals surface area contributed by atoms with Crippen molar-refractivity contribution in [2.24, 2.45) is 0 Å². The number of hydrogen-bond donors (Lipinski definition) is 0. The van der Waals surface area contributed by atoms with Gasteiger partial charge in [-0.1, -0.05) is 13.8 Å². The number of rotatable bonds is 7. The fourth-order valence-corrected chi connectivity index (χ4v) is 2.93. The zero-order chi connectivity index (χ0) is 14.5. The molecule has 19 heavy (non-hydrogen) atoms. The van der Waals surface area contributed by atoms with Crippen molar-refractivity contribution in [2.75, 3.05) is 13.2 Å². The molecule has 1 aromatic rings. The summed E-state index contributed by atoms with van der Waals surface area (Å²) in [6.45, 7) is 3.61. The molecule has 0 saturated heterocycles. The molecule has 0 fully saturated rings. The topological polar surface area (TPSA) is 27.1 Å². The zero-order valence-corrected chi connectivity index (χ0v) is 13.2. The summed E-state index contributed by atoms with van der Waals surface area (Å²) in [4.78, 5) is 0. The molecule has 0 radical (unpaired) electrons. The van der Waals surface area contributed by atoms with Crippen LogP contribution in [0.4, 0.5) is 13.2 Å². The minimum absolute atomic E-state index is 0.0978. The number of hydrogen-bond acceptors (Lipinski definition) is 2. The first-order chi connectivity index (χ1) is 8.89. The minimum Gasteiger partial charge on any atom is -0.372 e. The highest BCUT2D eigenvalue weighted by molar-refractivity contribution is 14.1. The molecule has 1 rings (SSSR count). The molecule has 7 heteroatoms. The third kappa shape index (κ3) is 5.29. The summed E-state index contributed by atoms with van der Waals surface area (Å²) in [7, 11) is 0. The van der Waals surface area contributed by atoms with Crippen molar-refractivity contribution >= 4 is 22.6 Å². The van der Waals surface area contributed by atoms with Crippen LogP contribution in [0, 0.1) is 3.57 Å². The maximum atomic E-state index is 11.9. The third-order valence-electron chi connectivity index (χ3n) is 2.65. The number of aromatic nitrogens is 2. The fourth-order valence-electron chi connectivity index (χ4n) is 1.78. The molecular weight excluding hydrogens is 372 g/mol. The van der Waals surface area contributed by atoms with E-state index < -0.39 is 12.8 Å². The number of alkyl halides is 3. The van der Waals surface area contributed by atoms with E-state index in [4.69, 9.17) is 0 Å². The van der Waals surface area contributed by atoms with Gasteiger partial charge in [-0.05, 0) is 41.9 Å². The third-order valence-corrected chi connectivity index (χ3v) is 3.90. The first-order valence-electron chi connectivity index (χ1n) is 6.27. The van der Waals surface area contributed by atoms with Crippen LogP contribution in [0.1, 0.15) is 31.7 Å². The molecule has 0 saturated carbocycles. The Morgan fingerprint density at radius 2 is 1.95 bits per heavy atom. The highest BCUT2D eigenvalue weighted by atomic mass is 127. The minimum atomic E-state index is -4.25. The van der Waals surface area contributed by atoms with E-state index in [-0.39, 0.29) is 6.61 Å². The van der Waals surface area contributed by atoms with Crippen LogP contribution < -0.4 is 0 Å². The Labute approximate surface area is 124 Å².